The van der Waals surface area contributed by atoms with E-state index >= 15 is 35.1 Å². The number of hydrogen-bond acceptors (Lipinski definition) is 1. The van der Waals surface area contributed by atoms with Crippen molar-refractivity contribution < 1.29 is 48.6 Å². The van der Waals surface area contributed by atoms with Gasteiger partial charge in [0.05, 0.1) is 0 Å². The summed E-state index contributed by atoms with van der Waals surface area (Å²) in [5, 5.41) is -2.22. The average Bonchev–Trinajstić information content (AvgIpc) is 3.33. The first-order valence-electron chi connectivity index (χ1n) is 16.5. The second kappa shape index (κ2) is 13.7. The fourth-order valence-electron chi connectivity index (χ4n) is 7.15. The van der Waals surface area contributed by atoms with E-state index in [1.54, 1.807) is 105 Å². The van der Waals surface area contributed by atoms with Crippen molar-refractivity contribution in [2.24, 2.45) is 10.8 Å². The van der Waals surface area contributed by atoms with Crippen LogP contribution in [0, 0.1) is 102 Å². The molecule has 1 saturated heterocycles. The molecule has 1 aliphatic rings. The van der Waals surface area contributed by atoms with Gasteiger partial charge < -0.3 is 4.65 Å². The molecule has 280 valence electrons. The molecule has 5 rings (SSSR count). The molecule has 4 aromatic rings. The van der Waals surface area contributed by atoms with Crippen molar-refractivity contribution in [2.75, 3.05) is 0 Å². The summed E-state index contributed by atoms with van der Waals surface area (Å²) in [6, 6.07) is 11.7. The largest absolute Gasteiger partial charge is 0.561 e. The van der Waals surface area contributed by atoms with Gasteiger partial charge in [0, 0.05) is 11.0 Å². The average molecular weight is 763 g/mol. The third kappa shape index (κ3) is 6.38. The zero-order valence-corrected chi connectivity index (χ0v) is 31.2. The highest BCUT2D eigenvalue weighted by atomic mass is 31.1. The lowest BCUT2D eigenvalue weighted by molar-refractivity contribution is 0.103. The molecule has 1 heterocycles. The van der Waals surface area contributed by atoms with Crippen LogP contribution in [0.5, 0.6) is 0 Å². The molecule has 0 saturated carbocycles. The van der Waals surface area contributed by atoms with Crippen LogP contribution in [0.1, 0.15) is 63.8 Å². The fourth-order valence-corrected chi connectivity index (χ4v) is 11.2. The van der Waals surface area contributed by atoms with E-state index in [1.165, 1.54) is 6.08 Å². The van der Waals surface area contributed by atoms with Gasteiger partial charge >= 0.3 is 0 Å². The van der Waals surface area contributed by atoms with Crippen molar-refractivity contribution in [3.63, 3.8) is 0 Å². The van der Waals surface area contributed by atoms with Crippen LogP contribution < -0.4 is 16.2 Å². The van der Waals surface area contributed by atoms with Crippen LogP contribution >= 0.6 is 7.92 Å². The van der Waals surface area contributed by atoms with E-state index < -0.39 is 105 Å². The summed E-state index contributed by atoms with van der Waals surface area (Å²) in [6.45, 7) is 14.6. The van der Waals surface area contributed by atoms with E-state index in [9.17, 15) is 8.78 Å². The van der Waals surface area contributed by atoms with Gasteiger partial charge in [-0.25, -0.2) is 43.9 Å². The predicted octanol–water partition coefficient (Wildman–Crippen LogP) is 10.2. The van der Waals surface area contributed by atoms with Gasteiger partial charge in [-0.15, -0.1) is 6.08 Å². The number of benzene rings is 4. The summed E-state index contributed by atoms with van der Waals surface area (Å²) in [7, 11) is -2.54. The van der Waals surface area contributed by atoms with E-state index in [-0.39, 0.29) is 0 Å². The molecular formula is C40H35BF10OP-. The molecule has 0 bridgehead atoms. The number of allylic oxidation sites excluding steroid dienone is 1. The minimum atomic E-state index is -4.81. The molecule has 0 amide bonds. The monoisotopic (exact) mass is 763 g/mol. The molecule has 0 N–H and O–H groups in total. The third-order valence-corrected chi connectivity index (χ3v) is 12.9. The van der Waals surface area contributed by atoms with Crippen molar-refractivity contribution >= 4 is 30.5 Å². The molecule has 1 unspecified atom stereocenters. The number of aryl methyl sites for hydroxylation is 3. The van der Waals surface area contributed by atoms with E-state index in [2.05, 4.69) is 11.8 Å². The molecule has 2 atom stereocenters. The number of halogens is 10. The summed E-state index contributed by atoms with van der Waals surface area (Å²) in [5.74, 6) is -19.5. The molecule has 1 fully saturated rings. The second-order valence-corrected chi connectivity index (χ2v) is 17.7. The highest BCUT2D eigenvalue weighted by Crippen LogP contribution is 2.71. The van der Waals surface area contributed by atoms with Gasteiger partial charge in [-0.3, -0.25) is 0 Å². The maximum atomic E-state index is 16.5. The summed E-state index contributed by atoms with van der Waals surface area (Å²) >= 11 is 0. The lowest BCUT2D eigenvalue weighted by atomic mass is 9.30. The molecule has 1 aliphatic heterocycles. The van der Waals surface area contributed by atoms with Crippen LogP contribution in [0.3, 0.4) is 0 Å². The molecule has 13 heteroatoms. The molecule has 4 aromatic carbocycles. The Bertz CT molecular complexity index is 2100. The van der Waals surface area contributed by atoms with Gasteiger partial charge in [0.25, 0.3) is 0 Å². The summed E-state index contributed by atoms with van der Waals surface area (Å²) in [4.78, 5) is 0. The lowest BCUT2D eigenvalue weighted by Crippen LogP contribution is -2.67. The standard InChI is InChI=1S/C40H35BF10OP/c1-20-17-21(2)37(22(3)18-20)53-24(19-38(4,5)6)41(25-27(42)31(46)35(50)32(47)28(25)43,26-29(44)33(48)36(51)34(49)30(26)45)52-40(53,39(7,8)9)16-15-23-13-11-10-12-14-23/h10-14,17-19H,1-9H3/q-1/b24-19-/t40-,53?/m0/s1. The quantitative estimate of drug-likeness (QED) is 0.0505. The van der Waals surface area contributed by atoms with Crippen LogP contribution in [0.15, 0.2) is 53.8 Å². The fraction of sp³-hybridized carbons (Fsp3) is 0.300. The highest BCUT2D eigenvalue weighted by molar-refractivity contribution is 7.76. The van der Waals surface area contributed by atoms with Crippen LogP contribution in [-0.4, -0.2) is 11.7 Å². The number of rotatable bonds is 3. The topological polar surface area (TPSA) is 9.23 Å². The maximum absolute atomic E-state index is 16.5. The van der Waals surface area contributed by atoms with Crippen molar-refractivity contribution in [3.05, 3.63) is 134 Å². The van der Waals surface area contributed by atoms with Crippen molar-refractivity contribution in [2.45, 2.75) is 67.7 Å². The highest BCUT2D eigenvalue weighted by Gasteiger charge is 2.63. The molecular weight excluding hydrogens is 728 g/mol. The minimum Gasteiger partial charge on any atom is -0.561 e. The normalized spacial score (nSPS) is 19.5. The van der Waals surface area contributed by atoms with E-state index in [1.807, 2.05) is 0 Å². The zero-order chi connectivity index (χ0) is 39.7. The van der Waals surface area contributed by atoms with Gasteiger partial charge in [0.15, 0.2) is 34.9 Å². The van der Waals surface area contributed by atoms with E-state index in [0.717, 1.165) is 5.56 Å². The molecule has 0 spiro atoms. The van der Waals surface area contributed by atoms with Crippen molar-refractivity contribution in [1.82, 2.24) is 0 Å². The molecule has 0 aliphatic carbocycles. The Morgan fingerprint density at radius 3 is 1.40 bits per heavy atom. The SMILES string of the molecule is Cc1cc(C)c(P2/C(=C\C(C)(C)C)[B-](c3c(F)c(F)c(F)c(F)c3F)(c3c(F)c(F)c(F)c(F)c3F)O[C@]2(C#Cc2ccccc2)C(C)(C)C)c(C)c1. The van der Waals surface area contributed by atoms with Gasteiger partial charge in [-0.2, -0.15) is 5.21 Å². The van der Waals surface area contributed by atoms with Crippen LogP contribution in [-0.2, 0) is 4.65 Å². The molecule has 1 nitrogen and oxygen atoms in total. The smallest absolute Gasteiger partial charge is 0.212 e. The Hall–Kier alpha value is -4.07. The van der Waals surface area contributed by atoms with Crippen molar-refractivity contribution in [3.8, 4) is 11.8 Å². The Morgan fingerprint density at radius 1 is 0.623 bits per heavy atom. The zero-order valence-electron chi connectivity index (χ0n) is 30.3. The van der Waals surface area contributed by atoms with Crippen LogP contribution in [0.25, 0.3) is 0 Å². The second-order valence-electron chi connectivity index (χ2n) is 15.4. The molecule has 53 heavy (non-hydrogen) atoms. The molecule has 0 radical (unpaired) electrons. The Labute approximate surface area is 303 Å². The maximum Gasteiger partial charge on any atom is 0.212 e. The van der Waals surface area contributed by atoms with Gasteiger partial charge in [0.1, 0.15) is 28.6 Å². The first-order chi connectivity index (χ1) is 24.4. The van der Waals surface area contributed by atoms with Gasteiger partial charge in [0.2, 0.25) is 6.35 Å². The Morgan fingerprint density at radius 2 is 1.02 bits per heavy atom. The summed E-state index contributed by atoms with van der Waals surface area (Å²) in [5.41, 5.74) is -4.10. The predicted molar refractivity (Wildman–Crippen MR) is 189 cm³/mol. The van der Waals surface area contributed by atoms with E-state index in [4.69, 9.17) is 4.65 Å². The first kappa shape index (κ1) is 40.1. The number of hydrogen-bond donors (Lipinski definition) is 0. The van der Waals surface area contributed by atoms with Crippen molar-refractivity contribution in [1.29, 1.82) is 0 Å². The Balaban J connectivity index is 2.22. The minimum absolute atomic E-state index is 0.380. The first-order valence-corrected chi connectivity index (χ1v) is 17.9. The summed E-state index contributed by atoms with van der Waals surface area (Å²) < 4.78 is 164. The Kier molecular flexibility index (Phi) is 10.3. The van der Waals surface area contributed by atoms with Crippen LogP contribution in [0.2, 0.25) is 0 Å². The van der Waals surface area contributed by atoms with Gasteiger partial charge in [-0.05, 0) is 62.7 Å². The molecule has 0 aromatic heterocycles. The summed E-state index contributed by atoms with van der Waals surface area (Å²) in [6.07, 6.45) is -3.51. The lowest BCUT2D eigenvalue weighted by Gasteiger charge is -2.48. The van der Waals surface area contributed by atoms with Gasteiger partial charge in [-0.1, -0.05) is 100 Å². The van der Waals surface area contributed by atoms with Crippen LogP contribution in [0.4, 0.5) is 43.9 Å². The third-order valence-electron chi connectivity index (χ3n) is 9.24. The van der Waals surface area contributed by atoms with E-state index in [0.29, 0.717) is 22.0 Å².